The normalized spacial score (nSPS) is 21.7. The van der Waals surface area contributed by atoms with E-state index < -0.39 is 21.9 Å². The molecule has 1 aromatic rings. The molecule has 1 saturated heterocycles. The van der Waals surface area contributed by atoms with E-state index in [1.54, 1.807) is 24.3 Å². The van der Waals surface area contributed by atoms with Gasteiger partial charge in [-0.1, -0.05) is 37.8 Å². The molecular weight excluding hydrogens is 352 g/mol. The van der Waals surface area contributed by atoms with Gasteiger partial charge >= 0.3 is 5.97 Å². The van der Waals surface area contributed by atoms with Gasteiger partial charge in [-0.15, -0.1) is 0 Å². The topological polar surface area (TPSA) is 77.9 Å². The summed E-state index contributed by atoms with van der Waals surface area (Å²) in [5.74, 6) is -0.921. The number of benzene rings is 1. The van der Waals surface area contributed by atoms with Crippen molar-refractivity contribution >= 4 is 16.0 Å². The van der Waals surface area contributed by atoms with Gasteiger partial charge in [0, 0.05) is 26.2 Å². The number of piperazine rings is 1. The molecular formula is C19H28N2O4S. The maximum atomic E-state index is 12.8. The summed E-state index contributed by atoms with van der Waals surface area (Å²) in [5, 5.41) is 9.61. The Hall–Kier alpha value is -1.44. The van der Waals surface area contributed by atoms with Gasteiger partial charge < -0.3 is 10.0 Å². The number of hydrogen-bond donors (Lipinski definition) is 1. The lowest BCUT2D eigenvalue weighted by Gasteiger charge is -2.31. The molecule has 6 nitrogen and oxygen atoms in total. The highest BCUT2D eigenvalue weighted by Crippen LogP contribution is 2.34. The van der Waals surface area contributed by atoms with Crippen molar-refractivity contribution in [2.24, 2.45) is 5.92 Å². The number of carbonyl (C=O) groups is 1. The van der Waals surface area contributed by atoms with E-state index in [1.165, 1.54) is 17.1 Å². The molecule has 1 heterocycles. The molecule has 0 bridgehead atoms. The second-order valence-corrected chi connectivity index (χ2v) is 9.49. The zero-order chi connectivity index (χ0) is 18.7. The Kier molecular flexibility index (Phi) is 5.99. The minimum atomic E-state index is -3.51. The van der Waals surface area contributed by atoms with E-state index in [2.05, 4.69) is 4.90 Å². The van der Waals surface area contributed by atoms with Crippen molar-refractivity contribution in [1.82, 2.24) is 9.21 Å². The van der Waals surface area contributed by atoms with Crippen LogP contribution in [-0.2, 0) is 14.8 Å². The number of hydrogen-bond acceptors (Lipinski definition) is 4. The third-order valence-corrected chi connectivity index (χ3v) is 7.64. The number of likely N-dealkylation sites (N-methyl/N-ethyl adjacent to an activating group) is 1. The van der Waals surface area contributed by atoms with Crippen molar-refractivity contribution in [3.63, 3.8) is 0 Å². The molecule has 1 aliphatic carbocycles. The molecule has 0 amide bonds. The SMILES string of the molecule is CN1CCN(S(=O)(=O)c2ccc(C(CC3CCCC3)C(=O)O)cc2)CC1. The Balaban J connectivity index is 1.74. The van der Waals surface area contributed by atoms with E-state index in [4.69, 9.17) is 0 Å². The second kappa shape index (κ2) is 8.06. The van der Waals surface area contributed by atoms with Crippen molar-refractivity contribution in [2.75, 3.05) is 33.2 Å². The number of sulfonamides is 1. The van der Waals surface area contributed by atoms with Gasteiger partial charge in [0.05, 0.1) is 10.8 Å². The Morgan fingerprint density at radius 2 is 1.69 bits per heavy atom. The lowest BCUT2D eigenvalue weighted by molar-refractivity contribution is -0.139. The number of carboxylic acids is 1. The first-order valence-corrected chi connectivity index (χ1v) is 10.8. The minimum Gasteiger partial charge on any atom is -0.481 e. The molecule has 1 atom stereocenters. The van der Waals surface area contributed by atoms with Crippen LogP contribution >= 0.6 is 0 Å². The first kappa shape index (κ1) is 19.3. The molecule has 2 fully saturated rings. The number of rotatable bonds is 6. The van der Waals surface area contributed by atoms with E-state index in [1.807, 2.05) is 7.05 Å². The largest absolute Gasteiger partial charge is 0.481 e. The van der Waals surface area contributed by atoms with E-state index in [0.29, 0.717) is 31.0 Å². The molecule has 1 N–H and O–H groups in total. The van der Waals surface area contributed by atoms with Gasteiger partial charge in [-0.3, -0.25) is 4.79 Å². The van der Waals surface area contributed by atoms with Crippen molar-refractivity contribution in [2.45, 2.75) is 42.9 Å². The molecule has 1 aromatic carbocycles. The molecule has 7 heteroatoms. The highest BCUT2D eigenvalue weighted by atomic mass is 32.2. The van der Waals surface area contributed by atoms with Gasteiger partial charge in [0.15, 0.2) is 0 Å². The summed E-state index contributed by atoms with van der Waals surface area (Å²) in [7, 11) is -1.53. The van der Waals surface area contributed by atoms with Crippen molar-refractivity contribution in [3.8, 4) is 0 Å². The summed E-state index contributed by atoms with van der Waals surface area (Å²) >= 11 is 0. The van der Waals surface area contributed by atoms with Crippen LogP contribution in [-0.4, -0.2) is 61.9 Å². The van der Waals surface area contributed by atoms with Gasteiger partial charge in [-0.25, -0.2) is 8.42 Å². The third-order valence-electron chi connectivity index (χ3n) is 5.72. The van der Waals surface area contributed by atoms with Crippen LogP contribution in [0.15, 0.2) is 29.2 Å². The fourth-order valence-corrected chi connectivity index (χ4v) is 5.43. The van der Waals surface area contributed by atoms with Crippen molar-refractivity contribution in [1.29, 1.82) is 0 Å². The lowest BCUT2D eigenvalue weighted by atomic mass is 9.88. The Bertz CT molecular complexity index is 718. The van der Waals surface area contributed by atoms with Crippen LogP contribution in [0.3, 0.4) is 0 Å². The zero-order valence-corrected chi connectivity index (χ0v) is 16.1. The van der Waals surface area contributed by atoms with Crippen molar-refractivity contribution in [3.05, 3.63) is 29.8 Å². The molecule has 1 aliphatic heterocycles. The van der Waals surface area contributed by atoms with Crippen molar-refractivity contribution < 1.29 is 18.3 Å². The predicted molar refractivity (Wildman–Crippen MR) is 99.6 cm³/mol. The molecule has 26 heavy (non-hydrogen) atoms. The first-order chi connectivity index (χ1) is 12.4. The Labute approximate surface area is 155 Å². The van der Waals surface area contributed by atoms with E-state index in [-0.39, 0.29) is 4.90 Å². The molecule has 0 spiro atoms. The van der Waals surface area contributed by atoms with Crippen LogP contribution < -0.4 is 0 Å². The summed E-state index contributed by atoms with van der Waals surface area (Å²) in [5.41, 5.74) is 0.696. The van der Waals surface area contributed by atoms with Crippen LogP contribution in [0, 0.1) is 5.92 Å². The third kappa shape index (κ3) is 4.27. The Morgan fingerprint density at radius 3 is 2.23 bits per heavy atom. The van der Waals surface area contributed by atoms with Gasteiger partial charge in [-0.05, 0) is 37.1 Å². The summed E-state index contributed by atoms with van der Waals surface area (Å²) < 4.78 is 27.1. The van der Waals surface area contributed by atoms with E-state index in [0.717, 1.165) is 25.9 Å². The fourth-order valence-electron chi connectivity index (χ4n) is 4.01. The first-order valence-electron chi connectivity index (χ1n) is 9.39. The highest BCUT2D eigenvalue weighted by molar-refractivity contribution is 7.89. The molecule has 0 aromatic heterocycles. The van der Waals surface area contributed by atoms with Gasteiger partial charge in [-0.2, -0.15) is 4.31 Å². The smallest absolute Gasteiger partial charge is 0.310 e. The summed E-state index contributed by atoms with van der Waals surface area (Å²) in [6, 6.07) is 6.48. The number of carboxylic acid groups (broad SMARTS) is 1. The second-order valence-electron chi connectivity index (χ2n) is 7.55. The molecule has 144 valence electrons. The number of nitrogens with zero attached hydrogens (tertiary/aromatic N) is 2. The van der Waals surface area contributed by atoms with E-state index in [9.17, 15) is 18.3 Å². The maximum Gasteiger partial charge on any atom is 0.310 e. The zero-order valence-electron chi connectivity index (χ0n) is 15.3. The standard InChI is InChI=1S/C19H28N2O4S/c1-20-10-12-21(13-11-20)26(24,25)17-8-6-16(7-9-17)18(19(22)23)14-15-4-2-3-5-15/h6-9,15,18H,2-5,10-14H2,1H3,(H,22,23). The monoisotopic (exact) mass is 380 g/mol. The minimum absolute atomic E-state index is 0.246. The van der Waals surface area contributed by atoms with Crippen LogP contribution in [0.5, 0.6) is 0 Å². The van der Waals surface area contributed by atoms with Gasteiger partial charge in [0.25, 0.3) is 0 Å². The highest BCUT2D eigenvalue weighted by Gasteiger charge is 2.29. The molecule has 0 radical (unpaired) electrons. The summed E-state index contributed by atoms with van der Waals surface area (Å²) in [6.45, 7) is 2.42. The average molecular weight is 381 g/mol. The van der Waals surface area contributed by atoms with Crippen LogP contribution in [0.25, 0.3) is 0 Å². The maximum absolute atomic E-state index is 12.8. The molecule has 3 rings (SSSR count). The van der Waals surface area contributed by atoms with Gasteiger partial charge in [0.1, 0.15) is 0 Å². The quantitative estimate of drug-likeness (QED) is 0.820. The van der Waals surface area contributed by atoms with E-state index >= 15 is 0 Å². The lowest BCUT2D eigenvalue weighted by Crippen LogP contribution is -2.47. The molecule has 2 aliphatic rings. The summed E-state index contributed by atoms with van der Waals surface area (Å²) in [4.78, 5) is 14.1. The van der Waals surface area contributed by atoms with Crippen LogP contribution in [0.1, 0.15) is 43.6 Å². The number of aliphatic carboxylic acids is 1. The average Bonchev–Trinajstić information content (AvgIpc) is 3.13. The van der Waals surface area contributed by atoms with Crippen LogP contribution in [0.2, 0.25) is 0 Å². The fraction of sp³-hybridized carbons (Fsp3) is 0.632. The van der Waals surface area contributed by atoms with Gasteiger partial charge in [0.2, 0.25) is 10.0 Å². The summed E-state index contributed by atoms with van der Waals surface area (Å²) in [6.07, 6.45) is 5.19. The molecule has 1 unspecified atom stereocenters. The predicted octanol–water partition coefficient (Wildman–Crippen LogP) is 2.37. The van der Waals surface area contributed by atoms with Crippen LogP contribution in [0.4, 0.5) is 0 Å². The Morgan fingerprint density at radius 1 is 1.12 bits per heavy atom. The molecule has 1 saturated carbocycles.